The quantitative estimate of drug-likeness (QED) is 0.327. The molecular formula is C8H10N2O4. The number of hydrogen-bond acceptors (Lipinski definition) is 4. The van der Waals surface area contributed by atoms with Gasteiger partial charge in [0, 0.05) is 12.8 Å². The highest BCUT2D eigenvalue weighted by Crippen LogP contribution is 2.09. The lowest BCUT2D eigenvalue weighted by Crippen LogP contribution is -2.15. The Kier molecular flexibility index (Phi) is 4.78. The zero-order chi connectivity index (χ0) is 11.1. The van der Waals surface area contributed by atoms with Gasteiger partial charge in [0.05, 0.1) is 0 Å². The number of carbonyl (C=O) groups excluding carboxylic acids is 1. The first kappa shape index (κ1) is 12.0. The molecule has 4 N–H and O–H groups in total. The molecule has 14 heavy (non-hydrogen) atoms. The zero-order valence-corrected chi connectivity index (χ0v) is 7.36. The maximum absolute atomic E-state index is 10.5. The van der Waals surface area contributed by atoms with Crippen LogP contribution in [0.3, 0.4) is 0 Å². The van der Waals surface area contributed by atoms with Crippen LogP contribution in [0.4, 0.5) is 0 Å². The van der Waals surface area contributed by atoms with E-state index in [0.717, 1.165) is 0 Å². The second-order valence-electron chi connectivity index (χ2n) is 2.55. The van der Waals surface area contributed by atoms with Crippen molar-refractivity contribution in [2.45, 2.75) is 19.3 Å². The van der Waals surface area contributed by atoms with Crippen LogP contribution in [-0.4, -0.2) is 22.1 Å². The lowest BCUT2D eigenvalue weighted by atomic mass is 10.1. The van der Waals surface area contributed by atoms with Crippen LogP contribution in [0.15, 0.2) is 11.3 Å². The molecule has 1 amide bonds. The molecule has 0 aromatic rings. The van der Waals surface area contributed by atoms with E-state index in [1.165, 1.54) is 6.07 Å². The summed E-state index contributed by atoms with van der Waals surface area (Å²) in [5.74, 6) is -2.48. The minimum Gasteiger partial charge on any atom is -0.511 e. The molecule has 0 aliphatic heterocycles. The van der Waals surface area contributed by atoms with E-state index in [-0.39, 0.29) is 19.3 Å². The topological polar surface area (TPSA) is 124 Å². The largest absolute Gasteiger partial charge is 0.511 e. The summed E-state index contributed by atoms with van der Waals surface area (Å²) in [4.78, 5) is 20.6. The molecule has 0 rings (SSSR count). The Morgan fingerprint density at radius 3 is 2.21 bits per heavy atom. The minimum absolute atomic E-state index is 0.0435. The van der Waals surface area contributed by atoms with Gasteiger partial charge in [-0.05, 0) is 6.42 Å². The molecule has 0 fully saturated rings. The number of aliphatic carboxylic acids is 1. The average molecular weight is 198 g/mol. The summed E-state index contributed by atoms with van der Waals surface area (Å²) in [7, 11) is 0. The number of primary amides is 1. The average Bonchev–Trinajstić information content (AvgIpc) is 2.03. The SMILES string of the molecule is N#CC(C(N)=O)=C(O)CCCC(=O)O. The number of allylic oxidation sites excluding steroid dienone is 1. The standard InChI is InChI=1S/C8H10N2O4/c9-4-5(8(10)14)6(11)2-1-3-7(12)13/h11H,1-3H2,(H2,10,14)(H,12,13). The third-order valence-corrected chi connectivity index (χ3v) is 1.45. The Labute approximate surface area is 80.2 Å². The van der Waals surface area contributed by atoms with Gasteiger partial charge < -0.3 is 15.9 Å². The molecule has 0 aliphatic rings. The fourth-order valence-electron chi connectivity index (χ4n) is 0.794. The van der Waals surface area contributed by atoms with Gasteiger partial charge in [0.2, 0.25) is 0 Å². The van der Waals surface area contributed by atoms with E-state index in [1.54, 1.807) is 0 Å². The molecule has 0 heterocycles. The number of aliphatic hydroxyl groups excluding tert-OH is 1. The van der Waals surface area contributed by atoms with Crippen molar-refractivity contribution in [1.82, 2.24) is 0 Å². The summed E-state index contributed by atoms with van der Waals surface area (Å²) < 4.78 is 0. The molecule has 0 aliphatic carbocycles. The van der Waals surface area contributed by atoms with E-state index < -0.39 is 23.2 Å². The van der Waals surface area contributed by atoms with Crippen LogP contribution in [-0.2, 0) is 9.59 Å². The predicted octanol–water partition coefficient (Wildman–Crippen LogP) is 0.0623. The molecular weight excluding hydrogens is 188 g/mol. The molecule has 0 unspecified atom stereocenters. The van der Waals surface area contributed by atoms with Crippen molar-refractivity contribution >= 4 is 11.9 Å². The minimum atomic E-state index is -1.01. The monoisotopic (exact) mass is 198 g/mol. The van der Waals surface area contributed by atoms with Gasteiger partial charge in [-0.2, -0.15) is 5.26 Å². The van der Waals surface area contributed by atoms with Gasteiger partial charge in [0.25, 0.3) is 5.91 Å². The number of hydrogen-bond donors (Lipinski definition) is 3. The number of nitriles is 1. The van der Waals surface area contributed by atoms with Crippen LogP contribution >= 0.6 is 0 Å². The fourth-order valence-corrected chi connectivity index (χ4v) is 0.794. The number of carboxylic acid groups (broad SMARTS) is 1. The molecule has 0 saturated heterocycles. The molecule has 0 bridgehead atoms. The van der Waals surface area contributed by atoms with Crippen LogP contribution in [0, 0.1) is 11.3 Å². The summed E-state index contributed by atoms with van der Waals surface area (Å²) in [5, 5.41) is 25.8. The van der Waals surface area contributed by atoms with Crippen LogP contribution in [0.2, 0.25) is 0 Å². The van der Waals surface area contributed by atoms with Crippen LogP contribution in [0.1, 0.15) is 19.3 Å². The first-order valence-corrected chi connectivity index (χ1v) is 3.82. The van der Waals surface area contributed by atoms with Gasteiger partial charge in [-0.3, -0.25) is 9.59 Å². The van der Waals surface area contributed by atoms with E-state index in [4.69, 9.17) is 21.2 Å². The van der Waals surface area contributed by atoms with Gasteiger partial charge in [-0.25, -0.2) is 0 Å². The summed E-state index contributed by atoms with van der Waals surface area (Å²) in [6, 6.07) is 1.45. The highest BCUT2D eigenvalue weighted by Gasteiger charge is 2.11. The van der Waals surface area contributed by atoms with Gasteiger partial charge >= 0.3 is 5.97 Å². The zero-order valence-electron chi connectivity index (χ0n) is 7.36. The lowest BCUT2D eigenvalue weighted by Gasteiger charge is -1.99. The first-order valence-electron chi connectivity index (χ1n) is 3.82. The number of rotatable bonds is 5. The molecule has 0 saturated carbocycles. The van der Waals surface area contributed by atoms with Crippen molar-refractivity contribution in [3.05, 3.63) is 11.3 Å². The van der Waals surface area contributed by atoms with E-state index in [1.807, 2.05) is 0 Å². The van der Waals surface area contributed by atoms with Crippen molar-refractivity contribution in [3.8, 4) is 6.07 Å². The predicted molar refractivity (Wildman–Crippen MR) is 45.9 cm³/mol. The summed E-state index contributed by atoms with van der Waals surface area (Å²) >= 11 is 0. The number of nitrogens with two attached hydrogens (primary N) is 1. The number of amides is 1. The highest BCUT2D eigenvalue weighted by atomic mass is 16.4. The van der Waals surface area contributed by atoms with Crippen molar-refractivity contribution in [2.75, 3.05) is 0 Å². The maximum Gasteiger partial charge on any atom is 0.303 e. The van der Waals surface area contributed by atoms with Crippen molar-refractivity contribution in [2.24, 2.45) is 5.73 Å². The van der Waals surface area contributed by atoms with Gasteiger partial charge in [-0.1, -0.05) is 0 Å². The molecule has 6 nitrogen and oxygen atoms in total. The molecule has 0 atom stereocenters. The summed E-state index contributed by atoms with van der Waals surface area (Å²) in [6.45, 7) is 0. The fraction of sp³-hybridized carbons (Fsp3) is 0.375. The molecule has 0 spiro atoms. The summed E-state index contributed by atoms with van der Waals surface area (Å²) in [6.07, 6.45) is -0.0285. The molecule has 0 aromatic heterocycles. The number of carboxylic acids is 1. The van der Waals surface area contributed by atoms with Crippen LogP contribution in [0.25, 0.3) is 0 Å². The smallest absolute Gasteiger partial charge is 0.303 e. The number of carbonyl (C=O) groups is 2. The van der Waals surface area contributed by atoms with Crippen LogP contribution < -0.4 is 5.73 Å². The normalized spacial score (nSPS) is 11.4. The van der Waals surface area contributed by atoms with E-state index in [2.05, 4.69) is 0 Å². The third-order valence-electron chi connectivity index (χ3n) is 1.45. The van der Waals surface area contributed by atoms with Crippen LogP contribution in [0.5, 0.6) is 0 Å². The lowest BCUT2D eigenvalue weighted by molar-refractivity contribution is -0.137. The number of aliphatic hydroxyl groups is 1. The second kappa shape index (κ2) is 5.59. The Balaban J connectivity index is 4.30. The molecule has 0 aromatic carbocycles. The number of nitrogens with zero attached hydrogens (tertiary/aromatic N) is 1. The third kappa shape index (κ3) is 4.11. The van der Waals surface area contributed by atoms with E-state index in [0.29, 0.717) is 0 Å². The van der Waals surface area contributed by atoms with Gasteiger partial charge in [0.15, 0.2) is 5.57 Å². The van der Waals surface area contributed by atoms with E-state index >= 15 is 0 Å². The van der Waals surface area contributed by atoms with Crippen molar-refractivity contribution in [3.63, 3.8) is 0 Å². The van der Waals surface area contributed by atoms with Crippen molar-refractivity contribution < 1.29 is 19.8 Å². The van der Waals surface area contributed by atoms with E-state index in [9.17, 15) is 9.59 Å². The van der Waals surface area contributed by atoms with Crippen molar-refractivity contribution in [1.29, 1.82) is 5.26 Å². The van der Waals surface area contributed by atoms with Gasteiger partial charge in [-0.15, -0.1) is 0 Å². The molecule has 0 radical (unpaired) electrons. The maximum atomic E-state index is 10.5. The Hall–Kier alpha value is -2.03. The summed E-state index contributed by atoms with van der Waals surface area (Å²) in [5.41, 5.74) is 4.27. The second-order valence-corrected chi connectivity index (χ2v) is 2.55. The molecule has 6 heteroatoms. The van der Waals surface area contributed by atoms with Gasteiger partial charge in [0.1, 0.15) is 11.8 Å². The Morgan fingerprint density at radius 1 is 1.29 bits per heavy atom. The molecule has 76 valence electrons. The Bertz CT molecular complexity index is 314. The first-order chi connectivity index (χ1) is 6.49. The highest BCUT2D eigenvalue weighted by molar-refractivity contribution is 5.96. The Morgan fingerprint density at radius 2 is 1.86 bits per heavy atom.